The maximum atomic E-state index is 12.0. The van der Waals surface area contributed by atoms with Gasteiger partial charge >= 0.3 is 5.97 Å². The number of hydrogen-bond donors (Lipinski definition) is 3. The van der Waals surface area contributed by atoms with Crippen LogP contribution in [0.25, 0.3) is 11.3 Å². The summed E-state index contributed by atoms with van der Waals surface area (Å²) >= 11 is 1.60. The van der Waals surface area contributed by atoms with Crippen molar-refractivity contribution in [3.8, 4) is 11.3 Å². The molecule has 180 valence electrons. The van der Waals surface area contributed by atoms with Crippen LogP contribution in [0.4, 0.5) is 11.5 Å². The lowest BCUT2D eigenvalue weighted by atomic mass is 10.0. The van der Waals surface area contributed by atoms with Crippen LogP contribution in [0.3, 0.4) is 0 Å². The molecule has 0 amide bonds. The Morgan fingerprint density at radius 1 is 1.00 bits per heavy atom. The number of aliphatic carboxylic acids is 1. The van der Waals surface area contributed by atoms with Gasteiger partial charge in [0.05, 0.1) is 12.2 Å². The van der Waals surface area contributed by atoms with E-state index in [9.17, 15) is 9.90 Å². The van der Waals surface area contributed by atoms with Crippen molar-refractivity contribution in [3.05, 3.63) is 92.9 Å². The van der Waals surface area contributed by atoms with Crippen LogP contribution in [-0.4, -0.2) is 27.1 Å². The zero-order valence-corrected chi connectivity index (χ0v) is 21.2. The van der Waals surface area contributed by atoms with Gasteiger partial charge in [-0.3, -0.25) is 0 Å². The minimum absolute atomic E-state index is 0.387. The minimum Gasteiger partial charge on any atom is -0.480 e. The zero-order valence-electron chi connectivity index (χ0n) is 20.4. The van der Waals surface area contributed by atoms with E-state index >= 15 is 0 Å². The number of nitrogens with zero attached hydrogens (tertiary/aromatic N) is 2. The topological polar surface area (TPSA) is 87.1 Å². The number of anilines is 2. The summed E-state index contributed by atoms with van der Waals surface area (Å²) in [6.07, 6.45) is 2.18. The molecule has 35 heavy (non-hydrogen) atoms. The fourth-order valence-corrected chi connectivity index (χ4v) is 4.90. The first-order valence-corrected chi connectivity index (χ1v) is 12.4. The largest absolute Gasteiger partial charge is 0.480 e. The first-order valence-electron chi connectivity index (χ1n) is 11.6. The SMILES string of the molecule is Cc1ccnc(NCc2nc(-c3ccc(CC(Nc4c(C)cc(C)cc4C)C(=O)O)cc3)cs2)c1. The molecule has 0 radical (unpaired) electrons. The summed E-state index contributed by atoms with van der Waals surface area (Å²) in [5.41, 5.74) is 8.20. The van der Waals surface area contributed by atoms with Crippen molar-refractivity contribution in [3.63, 3.8) is 0 Å². The van der Waals surface area contributed by atoms with Crippen molar-refractivity contribution in [1.29, 1.82) is 0 Å². The van der Waals surface area contributed by atoms with Gasteiger partial charge in [-0.05, 0) is 62.1 Å². The van der Waals surface area contributed by atoms with Gasteiger partial charge < -0.3 is 15.7 Å². The van der Waals surface area contributed by atoms with Crippen molar-refractivity contribution >= 4 is 28.8 Å². The molecule has 4 rings (SSSR count). The van der Waals surface area contributed by atoms with Crippen molar-refractivity contribution in [2.75, 3.05) is 10.6 Å². The summed E-state index contributed by atoms with van der Waals surface area (Å²) in [6, 6.07) is 15.4. The molecule has 1 unspecified atom stereocenters. The summed E-state index contributed by atoms with van der Waals surface area (Å²) in [5, 5.41) is 19.4. The average molecular weight is 487 g/mol. The van der Waals surface area contributed by atoms with Crippen molar-refractivity contribution in [2.24, 2.45) is 0 Å². The molecule has 0 aliphatic carbocycles. The monoisotopic (exact) mass is 486 g/mol. The third kappa shape index (κ3) is 6.25. The van der Waals surface area contributed by atoms with Crippen molar-refractivity contribution < 1.29 is 9.90 Å². The number of carboxylic acid groups (broad SMARTS) is 1. The molecule has 0 spiro atoms. The van der Waals surface area contributed by atoms with E-state index in [1.165, 1.54) is 5.56 Å². The molecule has 3 N–H and O–H groups in total. The van der Waals surface area contributed by atoms with E-state index < -0.39 is 12.0 Å². The molecule has 2 aromatic heterocycles. The molecule has 0 aliphatic rings. The van der Waals surface area contributed by atoms with Crippen molar-refractivity contribution in [2.45, 2.75) is 46.7 Å². The standard InChI is InChI=1S/C28H30N4O2S/c1-17-9-10-29-25(13-17)30-15-26-31-24(16-35-26)22-7-5-21(6-8-22)14-23(28(33)34)32-27-19(3)11-18(2)12-20(27)4/h5-13,16,23,32H,14-15H2,1-4H3,(H,29,30)(H,33,34). The lowest BCUT2D eigenvalue weighted by Gasteiger charge is -2.20. The minimum atomic E-state index is -0.867. The van der Waals surface area contributed by atoms with Gasteiger partial charge in [-0.25, -0.2) is 14.8 Å². The van der Waals surface area contributed by atoms with Crippen LogP contribution in [0.2, 0.25) is 0 Å². The smallest absolute Gasteiger partial charge is 0.326 e. The van der Waals surface area contributed by atoms with Gasteiger partial charge in [-0.1, -0.05) is 42.0 Å². The zero-order chi connectivity index (χ0) is 24.9. The second kappa shape index (κ2) is 10.7. The van der Waals surface area contributed by atoms with Crippen LogP contribution in [0.5, 0.6) is 0 Å². The van der Waals surface area contributed by atoms with E-state index in [0.29, 0.717) is 13.0 Å². The third-order valence-corrected chi connectivity index (χ3v) is 6.72. The normalized spacial score (nSPS) is 11.8. The highest BCUT2D eigenvalue weighted by atomic mass is 32.1. The maximum absolute atomic E-state index is 12.0. The Kier molecular flexibility index (Phi) is 7.46. The number of carboxylic acids is 1. The molecular weight excluding hydrogens is 456 g/mol. The molecule has 0 saturated carbocycles. The third-order valence-electron chi connectivity index (χ3n) is 5.87. The number of aryl methyl sites for hydroxylation is 4. The molecule has 7 heteroatoms. The second-order valence-corrected chi connectivity index (χ2v) is 9.85. The number of carbonyl (C=O) groups is 1. The van der Waals surface area contributed by atoms with E-state index in [2.05, 4.69) is 27.8 Å². The number of nitrogens with one attached hydrogen (secondary N) is 2. The lowest BCUT2D eigenvalue weighted by molar-refractivity contribution is -0.137. The first-order chi connectivity index (χ1) is 16.8. The molecular formula is C28H30N4O2S. The van der Waals surface area contributed by atoms with Crippen LogP contribution < -0.4 is 10.6 Å². The molecule has 0 saturated heterocycles. The molecule has 1 atom stereocenters. The summed E-state index contributed by atoms with van der Waals surface area (Å²) in [4.78, 5) is 21.1. The number of rotatable bonds is 9. The Bertz CT molecular complexity index is 1310. The number of aromatic nitrogens is 2. The Hall–Kier alpha value is -3.71. The molecule has 0 aliphatic heterocycles. The molecule has 2 heterocycles. The van der Waals surface area contributed by atoms with Gasteiger partial charge in [-0.15, -0.1) is 11.3 Å². The predicted octanol–water partition coefficient (Wildman–Crippen LogP) is 6.16. The molecule has 2 aromatic carbocycles. The predicted molar refractivity (Wildman–Crippen MR) is 143 cm³/mol. The molecule has 0 bridgehead atoms. The van der Waals surface area contributed by atoms with Gasteiger partial charge in [0.25, 0.3) is 0 Å². The summed E-state index contributed by atoms with van der Waals surface area (Å²) < 4.78 is 0. The first kappa shape index (κ1) is 24.4. The van der Waals surface area contributed by atoms with Crippen LogP contribution >= 0.6 is 11.3 Å². The second-order valence-electron chi connectivity index (χ2n) is 8.91. The maximum Gasteiger partial charge on any atom is 0.326 e. The average Bonchev–Trinajstić information content (AvgIpc) is 3.28. The quantitative estimate of drug-likeness (QED) is 0.263. The number of hydrogen-bond acceptors (Lipinski definition) is 6. The van der Waals surface area contributed by atoms with Crippen LogP contribution in [0.1, 0.15) is 32.8 Å². The Labute approximate surface area is 210 Å². The van der Waals surface area contributed by atoms with E-state index in [0.717, 1.165) is 50.0 Å². The lowest BCUT2D eigenvalue weighted by Crippen LogP contribution is -2.32. The molecule has 0 fully saturated rings. The van der Waals surface area contributed by atoms with E-state index in [-0.39, 0.29) is 0 Å². The summed E-state index contributed by atoms with van der Waals surface area (Å²) in [7, 11) is 0. The van der Waals surface area contributed by atoms with Crippen LogP contribution in [0, 0.1) is 27.7 Å². The highest BCUT2D eigenvalue weighted by Crippen LogP contribution is 2.25. The van der Waals surface area contributed by atoms with Crippen LogP contribution in [0.15, 0.2) is 60.1 Å². The van der Waals surface area contributed by atoms with Gasteiger partial charge in [-0.2, -0.15) is 0 Å². The summed E-state index contributed by atoms with van der Waals surface area (Å²) in [6.45, 7) is 8.71. The molecule has 4 aromatic rings. The Morgan fingerprint density at radius 3 is 2.37 bits per heavy atom. The number of benzene rings is 2. The number of pyridine rings is 1. The van der Waals surface area contributed by atoms with Gasteiger partial charge in [0.15, 0.2) is 0 Å². The van der Waals surface area contributed by atoms with E-state index in [1.807, 2.05) is 69.5 Å². The highest BCUT2D eigenvalue weighted by Gasteiger charge is 2.20. The molecule has 6 nitrogen and oxygen atoms in total. The van der Waals surface area contributed by atoms with E-state index in [4.69, 9.17) is 4.98 Å². The summed E-state index contributed by atoms with van der Waals surface area (Å²) in [5.74, 6) is -0.0306. The fourth-order valence-electron chi connectivity index (χ4n) is 4.15. The Balaban J connectivity index is 1.41. The van der Waals surface area contributed by atoms with Crippen LogP contribution in [-0.2, 0) is 17.8 Å². The number of thiazole rings is 1. The Morgan fingerprint density at radius 2 is 1.71 bits per heavy atom. The van der Waals surface area contributed by atoms with Crippen molar-refractivity contribution in [1.82, 2.24) is 9.97 Å². The van der Waals surface area contributed by atoms with E-state index in [1.54, 1.807) is 17.5 Å². The van der Waals surface area contributed by atoms with Gasteiger partial charge in [0.1, 0.15) is 16.9 Å². The van der Waals surface area contributed by atoms with Gasteiger partial charge in [0, 0.05) is 29.2 Å². The van der Waals surface area contributed by atoms with Gasteiger partial charge in [0.2, 0.25) is 0 Å². The highest BCUT2D eigenvalue weighted by molar-refractivity contribution is 7.10. The fraction of sp³-hybridized carbons (Fsp3) is 0.250.